The highest BCUT2D eigenvalue weighted by Crippen LogP contribution is 2.39. The highest BCUT2D eigenvalue weighted by atomic mass is 19.1. The number of hydrogen-bond acceptors (Lipinski definition) is 3. The van der Waals surface area contributed by atoms with Crippen LogP contribution in [0.4, 0.5) is 8.78 Å². The summed E-state index contributed by atoms with van der Waals surface area (Å²) < 4.78 is 27.2. The van der Waals surface area contributed by atoms with E-state index in [1.807, 2.05) is 0 Å². The average molecular weight is 431 g/mol. The largest absolute Gasteiger partial charge is 0.390 e. The molecular formula is C25H32F2N2O2. The Bertz CT molecular complexity index is 877. The van der Waals surface area contributed by atoms with Gasteiger partial charge in [-0.1, -0.05) is 44.0 Å². The molecule has 31 heavy (non-hydrogen) atoms. The molecule has 1 saturated carbocycles. The molecule has 0 bridgehead atoms. The van der Waals surface area contributed by atoms with Crippen molar-refractivity contribution < 1.29 is 18.7 Å². The van der Waals surface area contributed by atoms with Crippen LogP contribution in [-0.2, 0) is 23.2 Å². The summed E-state index contributed by atoms with van der Waals surface area (Å²) >= 11 is 0. The third-order valence-electron chi connectivity index (χ3n) is 6.23. The highest BCUT2D eigenvalue weighted by Gasteiger charge is 2.36. The fourth-order valence-electron chi connectivity index (χ4n) is 4.60. The van der Waals surface area contributed by atoms with Crippen LogP contribution in [0.1, 0.15) is 56.2 Å². The summed E-state index contributed by atoms with van der Waals surface area (Å²) in [7, 11) is 0. The molecule has 1 aliphatic rings. The first-order valence-corrected chi connectivity index (χ1v) is 11.1. The average Bonchev–Trinajstić information content (AvgIpc) is 3.21. The fraction of sp³-hybridized carbons (Fsp3) is 0.480. The van der Waals surface area contributed by atoms with Gasteiger partial charge in [0.1, 0.15) is 11.6 Å². The van der Waals surface area contributed by atoms with E-state index in [-0.39, 0.29) is 24.4 Å². The number of benzene rings is 2. The van der Waals surface area contributed by atoms with E-state index in [4.69, 9.17) is 0 Å². The van der Waals surface area contributed by atoms with E-state index in [0.717, 1.165) is 38.2 Å². The summed E-state index contributed by atoms with van der Waals surface area (Å²) in [5.41, 5.74) is 2.68. The standard InChI is InChI=1S/C25H32F2N2O2/c1-3-18-7-6-8-20(11-18)25(9-4-5-10-25)28-16-24(31)23(29-17(2)30)14-19-12-21(26)15-22(27)13-19/h6-8,11-13,15,23-24,28,31H,3-5,9-10,14,16H2,1-2H3,(H,29,30). The number of aryl methyl sites for hydroxylation is 1. The third-order valence-corrected chi connectivity index (χ3v) is 6.23. The Kier molecular flexibility index (Phi) is 7.79. The molecule has 1 aliphatic carbocycles. The maximum Gasteiger partial charge on any atom is 0.217 e. The van der Waals surface area contributed by atoms with Crippen LogP contribution in [-0.4, -0.2) is 29.7 Å². The molecule has 0 spiro atoms. The van der Waals surface area contributed by atoms with Gasteiger partial charge in [-0.05, 0) is 54.5 Å². The zero-order valence-electron chi connectivity index (χ0n) is 18.3. The number of aliphatic hydroxyl groups excluding tert-OH is 1. The van der Waals surface area contributed by atoms with E-state index in [1.54, 1.807) is 0 Å². The normalized spacial score (nSPS) is 17.3. The first-order valence-electron chi connectivity index (χ1n) is 11.1. The van der Waals surface area contributed by atoms with Crippen molar-refractivity contribution in [2.75, 3.05) is 6.54 Å². The monoisotopic (exact) mass is 430 g/mol. The van der Waals surface area contributed by atoms with Crippen LogP contribution in [0, 0.1) is 11.6 Å². The maximum absolute atomic E-state index is 13.6. The van der Waals surface area contributed by atoms with E-state index in [0.29, 0.717) is 5.56 Å². The lowest BCUT2D eigenvalue weighted by Crippen LogP contribution is -2.51. The van der Waals surface area contributed by atoms with Crippen molar-refractivity contribution in [1.29, 1.82) is 0 Å². The van der Waals surface area contributed by atoms with Crippen molar-refractivity contribution in [2.24, 2.45) is 0 Å². The molecule has 4 nitrogen and oxygen atoms in total. The maximum atomic E-state index is 13.6. The van der Waals surface area contributed by atoms with Gasteiger partial charge in [0.2, 0.25) is 5.91 Å². The van der Waals surface area contributed by atoms with E-state index in [1.165, 1.54) is 30.2 Å². The summed E-state index contributed by atoms with van der Waals surface area (Å²) in [4.78, 5) is 11.7. The second-order valence-corrected chi connectivity index (χ2v) is 8.58. The molecule has 2 atom stereocenters. The number of carbonyl (C=O) groups is 1. The molecule has 0 aliphatic heterocycles. The molecule has 168 valence electrons. The van der Waals surface area contributed by atoms with Crippen molar-refractivity contribution in [3.05, 3.63) is 70.8 Å². The SMILES string of the molecule is CCc1cccc(C2(NCC(O)C(Cc3cc(F)cc(F)c3)NC(C)=O)CCCC2)c1. The van der Waals surface area contributed by atoms with Crippen LogP contribution in [0.5, 0.6) is 0 Å². The number of rotatable bonds is 9. The minimum absolute atomic E-state index is 0.134. The quantitative estimate of drug-likeness (QED) is 0.564. The molecule has 1 amide bonds. The number of hydrogen-bond donors (Lipinski definition) is 3. The molecule has 6 heteroatoms. The van der Waals surface area contributed by atoms with Gasteiger partial charge in [-0.2, -0.15) is 0 Å². The van der Waals surface area contributed by atoms with Gasteiger partial charge >= 0.3 is 0 Å². The Morgan fingerprint density at radius 1 is 1.10 bits per heavy atom. The van der Waals surface area contributed by atoms with Crippen LogP contribution >= 0.6 is 0 Å². The molecule has 0 aromatic heterocycles. The molecule has 0 heterocycles. The second-order valence-electron chi connectivity index (χ2n) is 8.58. The van der Waals surface area contributed by atoms with E-state index in [2.05, 4.69) is 41.8 Å². The first kappa shape index (κ1) is 23.4. The van der Waals surface area contributed by atoms with Crippen molar-refractivity contribution in [1.82, 2.24) is 10.6 Å². The number of aliphatic hydroxyl groups is 1. The van der Waals surface area contributed by atoms with Crippen LogP contribution in [0.15, 0.2) is 42.5 Å². The summed E-state index contributed by atoms with van der Waals surface area (Å²) in [5, 5.41) is 17.2. The lowest BCUT2D eigenvalue weighted by atomic mass is 9.86. The van der Waals surface area contributed by atoms with Crippen LogP contribution in [0.2, 0.25) is 0 Å². The Morgan fingerprint density at radius 3 is 2.39 bits per heavy atom. The molecule has 2 aromatic carbocycles. The predicted molar refractivity (Wildman–Crippen MR) is 118 cm³/mol. The summed E-state index contributed by atoms with van der Waals surface area (Å²) in [5.74, 6) is -1.65. The number of halogens is 2. The van der Waals surface area contributed by atoms with Gasteiger partial charge in [0.15, 0.2) is 0 Å². The van der Waals surface area contributed by atoms with Crippen LogP contribution in [0.3, 0.4) is 0 Å². The molecule has 1 fully saturated rings. The molecule has 0 radical (unpaired) electrons. The first-order chi connectivity index (χ1) is 14.8. The number of amides is 1. The van der Waals surface area contributed by atoms with Gasteiger partial charge in [-0.3, -0.25) is 4.79 Å². The Balaban J connectivity index is 1.75. The van der Waals surface area contributed by atoms with Gasteiger partial charge < -0.3 is 15.7 Å². The molecule has 3 rings (SSSR count). The Morgan fingerprint density at radius 2 is 1.77 bits per heavy atom. The van der Waals surface area contributed by atoms with E-state index >= 15 is 0 Å². The highest BCUT2D eigenvalue weighted by molar-refractivity contribution is 5.73. The van der Waals surface area contributed by atoms with Gasteiger partial charge in [-0.25, -0.2) is 8.78 Å². The van der Waals surface area contributed by atoms with Gasteiger partial charge in [0.05, 0.1) is 12.1 Å². The zero-order valence-corrected chi connectivity index (χ0v) is 18.3. The molecule has 2 unspecified atom stereocenters. The Labute approximate surface area is 183 Å². The Hall–Kier alpha value is -2.31. The number of nitrogens with one attached hydrogen (secondary N) is 2. The number of carbonyl (C=O) groups excluding carboxylic acids is 1. The van der Waals surface area contributed by atoms with Crippen molar-refractivity contribution >= 4 is 5.91 Å². The summed E-state index contributed by atoms with van der Waals surface area (Å²) in [6.45, 7) is 3.76. The lowest BCUT2D eigenvalue weighted by Gasteiger charge is -2.34. The van der Waals surface area contributed by atoms with Gasteiger partial charge in [0.25, 0.3) is 0 Å². The second kappa shape index (κ2) is 10.3. The van der Waals surface area contributed by atoms with Gasteiger partial charge in [-0.15, -0.1) is 0 Å². The van der Waals surface area contributed by atoms with E-state index < -0.39 is 23.8 Å². The third kappa shape index (κ3) is 6.11. The van der Waals surface area contributed by atoms with Crippen molar-refractivity contribution in [3.63, 3.8) is 0 Å². The summed E-state index contributed by atoms with van der Waals surface area (Å²) in [6, 6.07) is 11.2. The molecule has 3 N–H and O–H groups in total. The predicted octanol–water partition coefficient (Wildman–Crippen LogP) is 3.99. The zero-order chi connectivity index (χ0) is 22.4. The smallest absolute Gasteiger partial charge is 0.217 e. The topological polar surface area (TPSA) is 61.4 Å². The fourth-order valence-corrected chi connectivity index (χ4v) is 4.60. The lowest BCUT2D eigenvalue weighted by molar-refractivity contribution is -0.120. The molecular weight excluding hydrogens is 398 g/mol. The van der Waals surface area contributed by atoms with Crippen LogP contribution < -0.4 is 10.6 Å². The van der Waals surface area contributed by atoms with Crippen LogP contribution in [0.25, 0.3) is 0 Å². The minimum atomic E-state index is -0.915. The molecule has 0 saturated heterocycles. The van der Waals surface area contributed by atoms with Crippen molar-refractivity contribution in [3.8, 4) is 0 Å². The molecule has 2 aromatic rings. The van der Waals surface area contributed by atoms with Gasteiger partial charge in [0, 0.05) is 25.1 Å². The van der Waals surface area contributed by atoms with Crippen molar-refractivity contribution in [2.45, 2.75) is 70.1 Å². The summed E-state index contributed by atoms with van der Waals surface area (Å²) in [6.07, 6.45) is 4.35. The minimum Gasteiger partial charge on any atom is -0.390 e. The van der Waals surface area contributed by atoms with E-state index in [9.17, 15) is 18.7 Å².